The van der Waals surface area contributed by atoms with Gasteiger partial charge >= 0.3 is 0 Å². The van der Waals surface area contributed by atoms with Crippen LogP contribution < -0.4 is 16.0 Å². The summed E-state index contributed by atoms with van der Waals surface area (Å²) < 4.78 is 0. The second kappa shape index (κ2) is 14.8. The lowest BCUT2D eigenvalue weighted by atomic mass is 10.0. The summed E-state index contributed by atoms with van der Waals surface area (Å²) in [6.45, 7) is 1.89. The number of anilines is 2. The molecule has 0 aromatic heterocycles. The average Bonchev–Trinajstić information content (AvgIpc) is 3.07. The molecule has 3 amide bonds. The maximum atomic E-state index is 13.7. The number of benzene rings is 5. The lowest BCUT2D eigenvalue weighted by Gasteiger charge is -2.16. The molecule has 5 rings (SSSR count). The molecule has 1 unspecified atom stereocenters. The van der Waals surface area contributed by atoms with Gasteiger partial charge in [0.1, 0.15) is 5.70 Å². The van der Waals surface area contributed by atoms with Crippen molar-refractivity contribution < 1.29 is 19.3 Å². The largest absolute Gasteiger partial charge is 0.325 e. The van der Waals surface area contributed by atoms with Crippen molar-refractivity contribution in [2.45, 2.75) is 23.5 Å². The highest BCUT2D eigenvalue weighted by atomic mass is 32.2. The summed E-state index contributed by atoms with van der Waals surface area (Å²) >= 11 is 1.33. The minimum atomic E-state index is -0.512. The van der Waals surface area contributed by atoms with Crippen molar-refractivity contribution >= 4 is 63.4 Å². The van der Waals surface area contributed by atoms with Crippen LogP contribution in [-0.2, 0) is 9.59 Å². The van der Waals surface area contributed by atoms with Crippen LogP contribution in [0.5, 0.6) is 0 Å². The van der Waals surface area contributed by atoms with E-state index in [1.807, 2.05) is 61.5 Å². The van der Waals surface area contributed by atoms with Crippen LogP contribution in [0.15, 0.2) is 132 Å². The number of hydrogen-bond donors (Lipinski definition) is 3. The first-order chi connectivity index (χ1) is 22.3. The van der Waals surface area contributed by atoms with E-state index < -0.39 is 22.0 Å². The quantitative estimate of drug-likeness (QED) is 0.0594. The predicted molar refractivity (Wildman–Crippen MR) is 183 cm³/mol. The van der Waals surface area contributed by atoms with Gasteiger partial charge in [0.15, 0.2) is 0 Å². The first-order valence-electron chi connectivity index (χ1n) is 14.5. The zero-order valence-corrected chi connectivity index (χ0v) is 25.6. The van der Waals surface area contributed by atoms with Gasteiger partial charge < -0.3 is 16.0 Å². The Labute approximate surface area is 269 Å². The van der Waals surface area contributed by atoms with Gasteiger partial charge in [-0.15, -0.1) is 11.8 Å². The van der Waals surface area contributed by atoms with Crippen LogP contribution in [0.3, 0.4) is 0 Å². The summed E-state index contributed by atoms with van der Waals surface area (Å²) in [6.07, 6.45) is 2.18. The van der Waals surface area contributed by atoms with Gasteiger partial charge in [0.05, 0.1) is 10.2 Å². The summed E-state index contributed by atoms with van der Waals surface area (Å²) in [4.78, 5) is 51.0. The van der Waals surface area contributed by atoms with E-state index in [4.69, 9.17) is 0 Å². The topological polar surface area (TPSA) is 130 Å². The van der Waals surface area contributed by atoms with Gasteiger partial charge in [-0.25, -0.2) is 0 Å². The van der Waals surface area contributed by atoms with Crippen molar-refractivity contribution in [3.05, 3.63) is 148 Å². The Balaban J connectivity index is 1.34. The summed E-state index contributed by atoms with van der Waals surface area (Å²) in [5, 5.41) is 20.9. The lowest BCUT2D eigenvalue weighted by Crippen LogP contribution is -2.30. The molecule has 0 saturated heterocycles. The van der Waals surface area contributed by atoms with Gasteiger partial charge in [-0.1, -0.05) is 73.7 Å². The predicted octanol–water partition coefficient (Wildman–Crippen LogP) is 7.67. The molecule has 1 atom stereocenters. The minimum absolute atomic E-state index is 0.0620. The number of non-ortho nitro benzene ring substituents is 1. The van der Waals surface area contributed by atoms with Crippen molar-refractivity contribution in [3.8, 4) is 0 Å². The van der Waals surface area contributed by atoms with Crippen molar-refractivity contribution in [2.75, 3.05) is 10.6 Å². The number of carbonyl (C=O) groups excluding carboxylic acids is 3. The second-order valence-electron chi connectivity index (χ2n) is 10.2. The number of nitrogens with zero attached hydrogens (tertiary/aromatic N) is 1. The SMILES string of the molecule is CCC(Sc1cccc(NC(=O)/C(=C\c2cccc3ccccc23)NC(=O)c2ccccc2)c1)C(=O)Nc1ccc([N+](=O)[O-])cc1. The first kappa shape index (κ1) is 31.7. The monoisotopic (exact) mass is 630 g/mol. The summed E-state index contributed by atoms with van der Waals surface area (Å²) in [7, 11) is 0. The number of nitro groups is 1. The molecule has 3 N–H and O–H groups in total. The van der Waals surface area contributed by atoms with Crippen LogP contribution in [0.2, 0.25) is 0 Å². The van der Waals surface area contributed by atoms with Gasteiger partial charge in [-0.05, 0) is 71.3 Å². The van der Waals surface area contributed by atoms with E-state index in [0.717, 1.165) is 21.2 Å². The Morgan fingerprint density at radius 3 is 2.24 bits per heavy atom. The highest BCUT2D eigenvalue weighted by Gasteiger charge is 2.20. The highest BCUT2D eigenvalue weighted by Crippen LogP contribution is 2.29. The van der Waals surface area contributed by atoms with Crippen molar-refractivity contribution in [2.24, 2.45) is 0 Å². The van der Waals surface area contributed by atoms with Crippen LogP contribution >= 0.6 is 11.8 Å². The van der Waals surface area contributed by atoms with Crippen LogP contribution in [0.25, 0.3) is 16.8 Å². The number of thioether (sulfide) groups is 1. The molecule has 5 aromatic carbocycles. The third-order valence-corrected chi connectivity index (χ3v) is 8.39. The number of carbonyl (C=O) groups is 3. The first-order valence-corrected chi connectivity index (χ1v) is 15.4. The Morgan fingerprint density at radius 2 is 1.50 bits per heavy atom. The minimum Gasteiger partial charge on any atom is -0.325 e. The number of hydrogen-bond acceptors (Lipinski definition) is 6. The lowest BCUT2D eigenvalue weighted by molar-refractivity contribution is -0.384. The zero-order chi connectivity index (χ0) is 32.5. The van der Waals surface area contributed by atoms with Crippen molar-refractivity contribution in [1.29, 1.82) is 0 Å². The summed E-state index contributed by atoms with van der Waals surface area (Å²) in [5.74, 6) is -1.18. The molecular weight excluding hydrogens is 600 g/mol. The standard InChI is InChI=1S/C36H30N4O5S/c1-2-33(36(43)37-27-18-20-29(21-19-27)40(44)45)46-30-16-9-15-28(23-30)38-35(42)32(39-34(41)25-11-4-3-5-12-25)22-26-14-8-13-24-10-6-7-17-31(24)26/h3-23,33H,2H2,1H3,(H,37,43)(H,38,42)(H,39,41)/b32-22+. The molecule has 0 radical (unpaired) electrons. The zero-order valence-electron chi connectivity index (χ0n) is 24.8. The number of fused-ring (bicyclic) bond motifs is 1. The number of rotatable bonds is 11. The van der Waals surface area contributed by atoms with Crippen LogP contribution in [-0.4, -0.2) is 27.9 Å². The molecule has 0 spiro atoms. The average molecular weight is 631 g/mol. The van der Waals surface area contributed by atoms with Gasteiger partial charge in [0.2, 0.25) is 5.91 Å². The fourth-order valence-corrected chi connectivity index (χ4v) is 5.71. The maximum Gasteiger partial charge on any atom is 0.272 e. The van der Waals surface area contributed by atoms with Gasteiger partial charge in [-0.2, -0.15) is 0 Å². The van der Waals surface area contributed by atoms with Gasteiger partial charge in [0.25, 0.3) is 17.5 Å². The molecule has 0 aliphatic carbocycles. The molecule has 46 heavy (non-hydrogen) atoms. The number of nitro benzene ring substituents is 1. The third-order valence-electron chi connectivity index (χ3n) is 7.03. The van der Waals surface area contributed by atoms with E-state index in [0.29, 0.717) is 23.4 Å². The Kier molecular flexibility index (Phi) is 10.2. The molecule has 0 aliphatic rings. The van der Waals surface area contributed by atoms with Crippen molar-refractivity contribution in [3.63, 3.8) is 0 Å². The van der Waals surface area contributed by atoms with E-state index >= 15 is 0 Å². The molecule has 0 fully saturated rings. The molecule has 0 aliphatic heterocycles. The Hall–Kier alpha value is -5.74. The van der Waals surface area contributed by atoms with Crippen LogP contribution in [0.4, 0.5) is 17.1 Å². The Bertz CT molecular complexity index is 1920. The van der Waals surface area contributed by atoms with Crippen LogP contribution in [0.1, 0.15) is 29.3 Å². The fourth-order valence-electron chi connectivity index (χ4n) is 4.70. The molecule has 9 nitrogen and oxygen atoms in total. The second-order valence-corrected chi connectivity index (χ2v) is 11.5. The normalized spacial score (nSPS) is 11.8. The molecule has 0 heterocycles. The Morgan fingerprint density at radius 1 is 0.804 bits per heavy atom. The van der Waals surface area contributed by atoms with Gasteiger partial charge in [-0.3, -0.25) is 24.5 Å². The van der Waals surface area contributed by atoms with Gasteiger partial charge in [0, 0.05) is 34.0 Å². The molecule has 10 heteroatoms. The van der Waals surface area contributed by atoms with Crippen molar-refractivity contribution in [1.82, 2.24) is 5.32 Å². The van der Waals surface area contributed by atoms with E-state index in [1.54, 1.807) is 48.5 Å². The summed E-state index contributed by atoms with van der Waals surface area (Å²) in [5.41, 5.74) is 2.13. The van der Waals surface area contributed by atoms with E-state index in [2.05, 4.69) is 16.0 Å². The smallest absolute Gasteiger partial charge is 0.272 e. The van der Waals surface area contributed by atoms with E-state index in [-0.39, 0.29) is 17.3 Å². The van der Waals surface area contributed by atoms with E-state index in [9.17, 15) is 24.5 Å². The number of nitrogens with one attached hydrogen (secondary N) is 3. The van der Waals surface area contributed by atoms with E-state index in [1.165, 1.54) is 36.0 Å². The third kappa shape index (κ3) is 8.04. The summed E-state index contributed by atoms with van der Waals surface area (Å²) in [6, 6.07) is 35.0. The molecule has 230 valence electrons. The molecule has 0 saturated carbocycles. The van der Waals surface area contributed by atoms with Crippen LogP contribution in [0, 0.1) is 10.1 Å². The maximum absolute atomic E-state index is 13.7. The molecular formula is C36H30N4O5S. The molecule has 5 aromatic rings. The highest BCUT2D eigenvalue weighted by molar-refractivity contribution is 8.00. The fraction of sp³-hybridized carbons (Fsp3) is 0.0833. The number of amides is 3. The molecule has 0 bridgehead atoms.